The molecule has 7 heteroatoms. The zero-order valence-electron chi connectivity index (χ0n) is 19.7. The Morgan fingerprint density at radius 2 is 2.09 bits per heavy atom. The smallest absolute Gasteiger partial charge is 0.305 e. The van der Waals surface area contributed by atoms with Crippen molar-refractivity contribution in [3.05, 3.63) is 35.4 Å². The molecule has 2 heterocycles. The number of aromatic nitrogens is 2. The van der Waals surface area contributed by atoms with Crippen molar-refractivity contribution < 1.29 is 14.6 Å². The molecule has 3 rings (SSSR count). The largest absolute Gasteiger partial charge is 0.507 e. The summed E-state index contributed by atoms with van der Waals surface area (Å²) in [5, 5.41) is 22.9. The van der Waals surface area contributed by atoms with Crippen molar-refractivity contribution in [2.24, 2.45) is 0 Å². The van der Waals surface area contributed by atoms with Crippen molar-refractivity contribution in [2.45, 2.75) is 64.8 Å². The average molecular weight is 441 g/mol. The number of carbonyl (C=O) groups is 1. The van der Waals surface area contributed by atoms with Crippen molar-refractivity contribution in [1.82, 2.24) is 15.1 Å². The molecule has 0 unspecified atom stereocenters. The molecule has 2 N–H and O–H groups in total. The predicted octanol–water partition coefficient (Wildman–Crippen LogP) is 4.50. The average Bonchev–Trinajstić information content (AvgIpc) is 2.77. The third-order valence-electron chi connectivity index (χ3n) is 6.12. The van der Waals surface area contributed by atoms with E-state index in [-0.39, 0.29) is 11.7 Å². The molecular formula is C25H36N4O3. The molecule has 0 bridgehead atoms. The molecule has 0 amide bonds. The Morgan fingerprint density at radius 1 is 1.28 bits per heavy atom. The number of hydrogen-bond donors (Lipinski definition) is 2. The lowest BCUT2D eigenvalue weighted by Crippen LogP contribution is -2.42. The number of nitrogens with zero attached hydrogens (tertiary/aromatic N) is 3. The molecule has 1 aliphatic rings. The summed E-state index contributed by atoms with van der Waals surface area (Å²) >= 11 is 0. The number of aromatic hydroxyl groups is 1. The number of phenolic OH excluding ortho intramolecular Hbond substituents is 1. The Labute approximate surface area is 191 Å². The van der Waals surface area contributed by atoms with Crippen LogP contribution in [0.4, 0.5) is 5.82 Å². The minimum Gasteiger partial charge on any atom is -0.507 e. The van der Waals surface area contributed by atoms with Gasteiger partial charge < -0.3 is 20.1 Å². The van der Waals surface area contributed by atoms with E-state index < -0.39 is 0 Å². The Bertz CT molecular complexity index is 916. The van der Waals surface area contributed by atoms with Crippen molar-refractivity contribution in [3.63, 3.8) is 0 Å². The van der Waals surface area contributed by atoms with Gasteiger partial charge in [0.25, 0.3) is 0 Å². The Kier molecular flexibility index (Phi) is 8.45. The SMILES string of the molecule is COC(=O)CCCCN1CCC[C@@H](Nc2cc(C)c(-c3ccc(C(C)C)cc3O)nn2)C1. The van der Waals surface area contributed by atoms with Gasteiger partial charge in [-0.3, -0.25) is 4.79 Å². The van der Waals surface area contributed by atoms with E-state index in [1.165, 1.54) is 7.11 Å². The van der Waals surface area contributed by atoms with Gasteiger partial charge in [0.2, 0.25) is 0 Å². The molecule has 0 spiro atoms. The number of likely N-dealkylation sites (tertiary alicyclic amines) is 1. The van der Waals surface area contributed by atoms with Gasteiger partial charge in [-0.2, -0.15) is 0 Å². The highest BCUT2D eigenvalue weighted by atomic mass is 16.5. The number of rotatable bonds is 9. The molecule has 0 aliphatic carbocycles. The molecule has 1 aliphatic heterocycles. The monoisotopic (exact) mass is 440 g/mol. The number of carbonyl (C=O) groups excluding carboxylic acids is 1. The van der Waals surface area contributed by atoms with Gasteiger partial charge >= 0.3 is 5.97 Å². The molecule has 32 heavy (non-hydrogen) atoms. The van der Waals surface area contributed by atoms with E-state index in [1.54, 1.807) is 0 Å². The number of ether oxygens (including phenoxy) is 1. The molecule has 1 fully saturated rings. The summed E-state index contributed by atoms with van der Waals surface area (Å²) in [7, 11) is 1.44. The Morgan fingerprint density at radius 3 is 2.78 bits per heavy atom. The number of nitrogens with one attached hydrogen (secondary N) is 1. The zero-order valence-corrected chi connectivity index (χ0v) is 19.7. The van der Waals surface area contributed by atoms with E-state index >= 15 is 0 Å². The quantitative estimate of drug-likeness (QED) is 0.438. The van der Waals surface area contributed by atoms with Crippen LogP contribution in [0.1, 0.15) is 63.0 Å². The van der Waals surface area contributed by atoms with Crippen molar-refractivity contribution >= 4 is 11.8 Å². The highest BCUT2D eigenvalue weighted by Crippen LogP contribution is 2.33. The number of phenols is 1. The van der Waals surface area contributed by atoms with E-state index in [1.807, 2.05) is 31.2 Å². The van der Waals surface area contributed by atoms with E-state index in [0.29, 0.717) is 29.6 Å². The maximum absolute atomic E-state index is 11.2. The number of aryl methyl sites for hydroxylation is 1. The first-order chi connectivity index (χ1) is 15.4. The number of unbranched alkanes of at least 4 members (excludes halogenated alkanes) is 1. The van der Waals surface area contributed by atoms with Crippen LogP contribution in [0.2, 0.25) is 0 Å². The molecule has 174 valence electrons. The first-order valence-corrected chi connectivity index (χ1v) is 11.6. The first kappa shape index (κ1) is 24.0. The normalized spacial score (nSPS) is 16.8. The fourth-order valence-electron chi connectivity index (χ4n) is 4.22. The number of piperidine rings is 1. The molecule has 0 saturated carbocycles. The lowest BCUT2D eigenvalue weighted by atomic mass is 9.98. The van der Waals surface area contributed by atoms with Crippen LogP contribution in [0.3, 0.4) is 0 Å². The first-order valence-electron chi connectivity index (χ1n) is 11.6. The second-order valence-electron chi connectivity index (χ2n) is 9.01. The molecule has 1 aromatic heterocycles. The Balaban J connectivity index is 1.58. The van der Waals surface area contributed by atoms with Crippen molar-refractivity contribution in [2.75, 3.05) is 32.1 Å². The van der Waals surface area contributed by atoms with Gasteiger partial charge in [-0.05, 0) is 80.9 Å². The lowest BCUT2D eigenvalue weighted by Gasteiger charge is -2.33. The standard InChI is InChI=1S/C25H36N4O3/c1-17(2)19-10-11-21(22(30)15-19)25-18(3)14-23(27-28-25)26-20-8-7-13-29(16-20)12-6-5-9-24(31)32-4/h10-11,14-15,17,20,30H,5-9,12-13,16H2,1-4H3,(H,26,27)/t20-/m1/s1. The number of anilines is 1. The second-order valence-corrected chi connectivity index (χ2v) is 9.01. The third kappa shape index (κ3) is 6.42. The van der Waals surface area contributed by atoms with Crippen molar-refractivity contribution in [3.8, 4) is 17.0 Å². The number of esters is 1. The van der Waals surface area contributed by atoms with Gasteiger partial charge in [-0.25, -0.2) is 0 Å². The zero-order chi connectivity index (χ0) is 23.1. The van der Waals surface area contributed by atoms with Crippen LogP contribution in [0.5, 0.6) is 5.75 Å². The summed E-state index contributed by atoms with van der Waals surface area (Å²) in [6.07, 6.45) is 4.57. The maximum atomic E-state index is 11.2. The lowest BCUT2D eigenvalue weighted by molar-refractivity contribution is -0.140. The summed E-state index contributed by atoms with van der Waals surface area (Å²) in [6, 6.07) is 8.10. The van der Waals surface area contributed by atoms with Crippen LogP contribution in [-0.2, 0) is 9.53 Å². The fourth-order valence-corrected chi connectivity index (χ4v) is 4.22. The third-order valence-corrected chi connectivity index (χ3v) is 6.12. The van der Waals surface area contributed by atoms with Gasteiger partial charge in [0.15, 0.2) is 0 Å². The highest BCUT2D eigenvalue weighted by molar-refractivity contribution is 5.70. The summed E-state index contributed by atoms with van der Waals surface area (Å²) in [4.78, 5) is 13.7. The summed E-state index contributed by atoms with van der Waals surface area (Å²) in [6.45, 7) is 9.25. The van der Waals surface area contributed by atoms with Gasteiger partial charge in [-0.15, -0.1) is 10.2 Å². The summed E-state index contributed by atoms with van der Waals surface area (Å²) < 4.78 is 4.70. The molecule has 2 aromatic rings. The van der Waals surface area contributed by atoms with Gasteiger partial charge in [0, 0.05) is 24.6 Å². The minimum absolute atomic E-state index is 0.134. The Hall–Kier alpha value is -2.67. The topological polar surface area (TPSA) is 87.6 Å². The van der Waals surface area contributed by atoms with E-state index in [4.69, 9.17) is 4.74 Å². The molecule has 1 atom stereocenters. The van der Waals surface area contributed by atoms with Gasteiger partial charge in [0.1, 0.15) is 11.6 Å². The molecule has 1 aromatic carbocycles. The molecule has 1 saturated heterocycles. The van der Waals surface area contributed by atoms with Crippen LogP contribution in [0.15, 0.2) is 24.3 Å². The minimum atomic E-state index is -0.134. The van der Waals surface area contributed by atoms with Crippen LogP contribution in [-0.4, -0.2) is 59.0 Å². The number of hydrogen-bond acceptors (Lipinski definition) is 7. The molecular weight excluding hydrogens is 404 g/mol. The summed E-state index contributed by atoms with van der Waals surface area (Å²) in [5.41, 5.74) is 3.49. The van der Waals surface area contributed by atoms with Crippen LogP contribution in [0, 0.1) is 6.92 Å². The van der Waals surface area contributed by atoms with Gasteiger partial charge in [0.05, 0.1) is 12.8 Å². The van der Waals surface area contributed by atoms with E-state index in [0.717, 1.165) is 62.3 Å². The van der Waals surface area contributed by atoms with Crippen LogP contribution in [0.25, 0.3) is 11.3 Å². The number of methoxy groups -OCH3 is 1. The van der Waals surface area contributed by atoms with Crippen LogP contribution < -0.4 is 5.32 Å². The molecule has 7 nitrogen and oxygen atoms in total. The van der Waals surface area contributed by atoms with Gasteiger partial charge in [-0.1, -0.05) is 19.9 Å². The van der Waals surface area contributed by atoms with E-state index in [9.17, 15) is 9.90 Å². The number of benzene rings is 1. The van der Waals surface area contributed by atoms with E-state index in [2.05, 4.69) is 34.3 Å². The highest BCUT2D eigenvalue weighted by Gasteiger charge is 2.20. The van der Waals surface area contributed by atoms with Crippen LogP contribution >= 0.6 is 0 Å². The predicted molar refractivity (Wildman–Crippen MR) is 127 cm³/mol. The fraction of sp³-hybridized carbons (Fsp3) is 0.560. The second kappa shape index (κ2) is 11.3. The maximum Gasteiger partial charge on any atom is 0.305 e. The van der Waals surface area contributed by atoms with Crippen molar-refractivity contribution in [1.29, 1.82) is 0 Å². The molecule has 0 radical (unpaired) electrons. The summed E-state index contributed by atoms with van der Waals surface area (Å²) in [5.74, 6) is 1.23.